The van der Waals surface area contributed by atoms with E-state index >= 15 is 0 Å². The van der Waals surface area contributed by atoms with Crippen molar-refractivity contribution in [3.05, 3.63) is 70.2 Å². The van der Waals surface area contributed by atoms with E-state index in [2.05, 4.69) is 15.9 Å². The molecule has 0 spiro atoms. The van der Waals surface area contributed by atoms with Crippen molar-refractivity contribution in [2.24, 2.45) is 0 Å². The van der Waals surface area contributed by atoms with Gasteiger partial charge in [0.15, 0.2) is 0 Å². The topological polar surface area (TPSA) is 59.0 Å². The van der Waals surface area contributed by atoms with E-state index in [9.17, 15) is 9.90 Å². The van der Waals surface area contributed by atoms with E-state index in [1.54, 1.807) is 18.9 Å². The molecule has 0 saturated carbocycles. The van der Waals surface area contributed by atoms with E-state index in [0.29, 0.717) is 13.0 Å². The highest BCUT2D eigenvalue weighted by Gasteiger charge is 2.47. The van der Waals surface area contributed by atoms with Crippen molar-refractivity contribution >= 4 is 22.0 Å². The van der Waals surface area contributed by atoms with E-state index in [1.807, 2.05) is 61.5 Å². The third-order valence-electron chi connectivity index (χ3n) is 5.52. The second kappa shape index (κ2) is 8.86. The number of carbonyl (C=O) groups excluding carboxylic acids is 1. The SMILES string of the molecule is COC[C@@](C)(O)C[C@]1(c2ccccc2)CCN(C(C)c2ccc(Br)cc2)C(=O)O1. The van der Waals surface area contributed by atoms with Crippen LogP contribution in [0.2, 0.25) is 0 Å². The molecule has 1 heterocycles. The molecule has 6 heteroatoms. The minimum atomic E-state index is -1.12. The fourth-order valence-corrected chi connectivity index (χ4v) is 4.36. The zero-order valence-corrected chi connectivity index (χ0v) is 18.7. The number of ether oxygens (including phenoxy) is 2. The molecule has 0 radical (unpaired) electrons. The largest absolute Gasteiger partial charge is 0.438 e. The lowest BCUT2D eigenvalue weighted by Gasteiger charge is -2.46. The molecule has 1 fully saturated rings. The molecule has 1 saturated heterocycles. The average Bonchev–Trinajstić information content (AvgIpc) is 2.68. The second-order valence-corrected chi connectivity index (χ2v) is 8.92. The zero-order chi connectivity index (χ0) is 21.1. The van der Waals surface area contributed by atoms with Crippen LogP contribution in [-0.2, 0) is 15.1 Å². The average molecular weight is 462 g/mol. The number of rotatable bonds is 7. The number of amides is 1. The number of benzene rings is 2. The minimum Gasteiger partial charge on any atom is -0.438 e. The predicted molar refractivity (Wildman–Crippen MR) is 116 cm³/mol. The molecule has 156 valence electrons. The maximum Gasteiger partial charge on any atom is 0.411 e. The summed E-state index contributed by atoms with van der Waals surface area (Å²) in [5.41, 5.74) is -0.0786. The molecule has 3 rings (SSSR count). The fraction of sp³-hybridized carbons (Fsp3) is 0.435. The number of hydrogen-bond acceptors (Lipinski definition) is 4. The molecule has 1 aliphatic heterocycles. The highest BCUT2D eigenvalue weighted by molar-refractivity contribution is 9.10. The van der Waals surface area contributed by atoms with E-state index in [-0.39, 0.29) is 25.2 Å². The highest BCUT2D eigenvalue weighted by atomic mass is 79.9. The van der Waals surface area contributed by atoms with Gasteiger partial charge in [-0.2, -0.15) is 0 Å². The smallest absolute Gasteiger partial charge is 0.411 e. The third kappa shape index (κ3) is 5.00. The van der Waals surface area contributed by atoms with Gasteiger partial charge in [-0.15, -0.1) is 0 Å². The summed E-state index contributed by atoms with van der Waals surface area (Å²) < 4.78 is 12.3. The van der Waals surface area contributed by atoms with Crippen LogP contribution in [-0.4, -0.2) is 42.0 Å². The number of cyclic esters (lactones) is 1. The van der Waals surface area contributed by atoms with Gasteiger partial charge in [0.1, 0.15) is 5.60 Å². The first-order valence-electron chi connectivity index (χ1n) is 9.78. The lowest BCUT2D eigenvalue weighted by molar-refractivity contribution is -0.121. The molecule has 1 N–H and O–H groups in total. The van der Waals surface area contributed by atoms with Crippen molar-refractivity contribution in [2.75, 3.05) is 20.3 Å². The van der Waals surface area contributed by atoms with Gasteiger partial charge in [-0.05, 0) is 37.1 Å². The summed E-state index contributed by atoms with van der Waals surface area (Å²) in [4.78, 5) is 14.8. The van der Waals surface area contributed by atoms with Crippen molar-refractivity contribution < 1.29 is 19.4 Å². The number of carbonyl (C=O) groups is 1. The van der Waals surface area contributed by atoms with E-state index in [0.717, 1.165) is 15.6 Å². The Balaban J connectivity index is 1.86. The van der Waals surface area contributed by atoms with Gasteiger partial charge in [0.05, 0.1) is 18.2 Å². The van der Waals surface area contributed by atoms with Gasteiger partial charge in [-0.1, -0.05) is 58.4 Å². The van der Waals surface area contributed by atoms with Crippen molar-refractivity contribution in [1.82, 2.24) is 4.90 Å². The Morgan fingerprint density at radius 3 is 2.48 bits per heavy atom. The van der Waals surface area contributed by atoms with Gasteiger partial charge in [-0.25, -0.2) is 4.79 Å². The lowest BCUT2D eigenvalue weighted by Crippen LogP contribution is -2.52. The molecule has 0 aliphatic carbocycles. The maximum absolute atomic E-state index is 13.1. The Labute approximate surface area is 180 Å². The molecule has 5 nitrogen and oxygen atoms in total. The normalized spacial score (nSPS) is 22.7. The van der Waals surface area contributed by atoms with Gasteiger partial charge in [0.2, 0.25) is 0 Å². The fourth-order valence-electron chi connectivity index (χ4n) is 4.09. The van der Waals surface area contributed by atoms with Gasteiger partial charge in [-0.3, -0.25) is 0 Å². The van der Waals surface area contributed by atoms with Crippen molar-refractivity contribution in [3.8, 4) is 0 Å². The van der Waals surface area contributed by atoms with E-state index in [4.69, 9.17) is 9.47 Å². The van der Waals surface area contributed by atoms with Gasteiger partial charge < -0.3 is 19.5 Å². The quantitative estimate of drug-likeness (QED) is 0.627. The Morgan fingerprint density at radius 2 is 1.90 bits per heavy atom. The van der Waals surface area contributed by atoms with Crippen LogP contribution in [0.3, 0.4) is 0 Å². The van der Waals surface area contributed by atoms with Crippen LogP contribution in [0.1, 0.15) is 43.9 Å². The number of methoxy groups -OCH3 is 1. The van der Waals surface area contributed by atoms with Crippen molar-refractivity contribution in [2.45, 2.75) is 43.9 Å². The van der Waals surface area contributed by atoms with Crippen LogP contribution in [0.5, 0.6) is 0 Å². The minimum absolute atomic E-state index is 0.108. The summed E-state index contributed by atoms with van der Waals surface area (Å²) >= 11 is 3.44. The molecular weight excluding hydrogens is 434 g/mol. The monoisotopic (exact) mass is 461 g/mol. The molecule has 3 atom stereocenters. The first-order valence-corrected chi connectivity index (χ1v) is 10.6. The number of hydrogen-bond donors (Lipinski definition) is 1. The second-order valence-electron chi connectivity index (χ2n) is 8.01. The summed E-state index contributed by atoms with van der Waals surface area (Å²) in [6.45, 7) is 4.42. The summed E-state index contributed by atoms with van der Waals surface area (Å²) in [5, 5.41) is 10.8. The van der Waals surface area contributed by atoms with Crippen LogP contribution in [0, 0.1) is 0 Å². The van der Waals surface area contributed by atoms with Gasteiger partial charge >= 0.3 is 6.09 Å². The molecular formula is C23H28BrNO4. The summed E-state index contributed by atoms with van der Waals surface area (Å²) in [6.07, 6.45) is 0.483. The van der Waals surface area contributed by atoms with Gasteiger partial charge in [0.25, 0.3) is 0 Å². The summed E-state index contributed by atoms with van der Waals surface area (Å²) in [5.74, 6) is 0. The molecule has 2 aromatic rings. The molecule has 1 aliphatic rings. The van der Waals surface area contributed by atoms with Crippen molar-refractivity contribution in [3.63, 3.8) is 0 Å². The maximum atomic E-state index is 13.1. The van der Waals surface area contributed by atoms with Crippen molar-refractivity contribution in [1.29, 1.82) is 0 Å². The molecule has 29 heavy (non-hydrogen) atoms. The van der Waals surface area contributed by atoms with E-state index < -0.39 is 11.2 Å². The Hall–Kier alpha value is -1.89. The predicted octanol–water partition coefficient (Wildman–Crippen LogP) is 5.04. The first kappa shape index (κ1) is 21.8. The number of nitrogens with zero attached hydrogens (tertiary/aromatic N) is 1. The third-order valence-corrected chi connectivity index (χ3v) is 6.04. The molecule has 2 aromatic carbocycles. The zero-order valence-electron chi connectivity index (χ0n) is 17.1. The highest BCUT2D eigenvalue weighted by Crippen LogP contribution is 2.42. The summed E-state index contributed by atoms with van der Waals surface area (Å²) in [6, 6.07) is 17.5. The molecule has 0 aromatic heterocycles. The number of aliphatic hydroxyl groups is 1. The summed E-state index contributed by atoms with van der Waals surface area (Å²) in [7, 11) is 1.55. The molecule has 1 unspecified atom stereocenters. The molecule has 0 bridgehead atoms. The standard InChI is InChI=1S/C23H28BrNO4/c1-17(18-9-11-20(24)12-10-18)25-14-13-23(29-21(25)26,15-22(2,27)16-28-3)19-7-5-4-6-8-19/h4-12,17,27H,13-16H2,1-3H3/t17?,22-,23-/m0/s1. The van der Waals surface area contributed by atoms with Gasteiger partial charge in [0, 0.05) is 31.0 Å². The lowest BCUT2D eigenvalue weighted by atomic mass is 9.79. The van der Waals surface area contributed by atoms with Crippen LogP contribution in [0.15, 0.2) is 59.1 Å². The Morgan fingerprint density at radius 1 is 1.24 bits per heavy atom. The Bertz CT molecular complexity index is 825. The first-order chi connectivity index (χ1) is 13.8. The van der Waals surface area contributed by atoms with Crippen LogP contribution < -0.4 is 0 Å². The van der Waals surface area contributed by atoms with Crippen LogP contribution >= 0.6 is 15.9 Å². The number of halogens is 1. The molecule has 1 amide bonds. The Kier molecular flexibility index (Phi) is 6.66. The van der Waals surface area contributed by atoms with Crippen LogP contribution in [0.4, 0.5) is 4.79 Å². The van der Waals surface area contributed by atoms with E-state index in [1.165, 1.54) is 0 Å². The van der Waals surface area contributed by atoms with Crippen LogP contribution in [0.25, 0.3) is 0 Å².